The fourth-order valence-corrected chi connectivity index (χ4v) is 5.17. The number of hydrogen-bond donors (Lipinski definition) is 0. The lowest BCUT2D eigenvalue weighted by molar-refractivity contribution is 1.64. The molecule has 0 aromatic heterocycles. The molecule has 0 amide bonds. The van der Waals surface area contributed by atoms with Crippen LogP contribution in [0.2, 0.25) is 0 Å². The van der Waals surface area contributed by atoms with Crippen LogP contribution in [0, 0.1) is 3.57 Å². The first-order chi connectivity index (χ1) is 15.3. The molecular weight excluding hydrogens is 487 g/mol. The Morgan fingerprint density at radius 1 is 0.387 bits per heavy atom. The highest BCUT2D eigenvalue weighted by molar-refractivity contribution is 14.1. The second kappa shape index (κ2) is 7.51. The highest BCUT2D eigenvalue weighted by Gasteiger charge is 2.12. The third kappa shape index (κ3) is 3.21. The number of benzene rings is 6. The zero-order chi connectivity index (χ0) is 20.8. The number of fused-ring (bicyclic) bond motifs is 3. The van der Waals surface area contributed by atoms with Crippen LogP contribution in [0.1, 0.15) is 0 Å². The van der Waals surface area contributed by atoms with Crippen LogP contribution in [0.5, 0.6) is 0 Å². The van der Waals surface area contributed by atoms with Crippen LogP contribution in [0.4, 0.5) is 0 Å². The van der Waals surface area contributed by atoms with Crippen LogP contribution in [-0.4, -0.2) is 0 Å². The highest BCUT2D eigenvalue weighted by Crippen LogP contribution is 2.39. The van der Waals surface area contributed by atoms with Crippen LogP contribution in [0.3, 0.4) is 0 Å². The van der Waals surface area contributed by atoms with Crippen molar-refractivity contribution in [3.05, 3.63) is 119 Å². The molecule has 31 heavy (non-hydrogen) atoms. The Morgan fingerprint density at radius 2 is 0.968 bits per heavy atom. The van der Waals surface area contributed by atoms with Crippen molar-refractivity contribution in [3.63, 3.8) is 0 Å². The first kappa shape index (κ1) is 18.6. The second-order valence-electron chi connectivity index (χ2n) is 7.94. The van der Waals surface area contributed by atoms with Crippen molar-refractivity contribution in [2.24, 2.45) is 0 Å². The maximum atomic E-state index is 2.41. The molecule has 0 unspecified atom stereocenters. The van der Waals surface area contributed by atoms with Crippen LogP contribution >= 0.6 is 22.6 Å². The Labute approximate surface area is 195 Å². The summed E-state index contributed by atoms with van der Waals surface area (Å²) in [7, 11) is 0. The molecule has 0 nitrogen and oxygen atoms in total. The van der Waals surface area contributed by atoms with E-state index < -0.39 is 0 Å². The van der Waals surface area contributed by atoms with Crippen LogP contribution in [0.25, 0.3) is 54.6 Å². The maximum absolute atomic E-state index is 2.41. The van der Waals surface area contributed by atoms with E-state index in [0.717, 1.165) is 0 Å². The lowest BCUT2D eigenvalue weighted by Crippen LogP contribution is -1.88. The fourth-order valence-electron chi connectivity index (χ4n) is 4.66. The fraction of sp³-hybridized carbons (Fsp3) is 0. The third-order valence-corrected chi connectivity index (χ3v) is 6.77. The molecule has 6 rings (SSSR count). The number of rotatable bonds is 2. The van der Waals surface area contributed by atoms with Gasteiger partial charge in [-0.1, -0.05) is 91.0 Å². The van der Waals surface area contributed by atoms with E-state index in [1.165, 1.54) is 58.1 Å². The van der Waals surface area contributed by atoms with Gasteiger partial charge in [0.1, 0.15) is 0 Å². The molecule has 146 valence electrons. The predicted molar refractivity (Wildman–Crippen MR) is 143 cm³/mol. The van der Waals surface area contributed by atoms with Crippen molar-refractivity contribution in [1.29, 1.82) is 0 Å². The van der Waals surface area contributed by atoms with Crippen LogP contribution in [0.15, 0.2) is 115 Å². The first-order valence-corrected chi connectivity index (χ1v) is 11.6. The van der Waals surface area contributed by atoms with Crippen molar-refractivity contribution >= 4 is 54.9 Å². The van der Waals surface area contributed by atoms with Gasteiger partial charge in [-0.25, -0.2) is 0 Å². The van der Waals surface area contributed by atoms with Gasteiger partial charge in [-0.3, -0.25) is 0 Å². The SMILES string of the molecule is Ic1ccc2c(-c3cccc4ccccc34)cc(-c3cccc4ccccc34)cc2c1. The average Bonchev–Trinajstić information content (AvgIpc) is 2.82. The van der Waals surface area contributed by atoms with E-state index in [1.54, 1.807) is 0 Å². The highest BCUT2D eigenvalue weighted by atomic mass is 127. The van der Waals surface area contributed by atoms with E-state index in [4.69, 9.17) is 0 Å². The first-order valence-electron chi connectivity index (χ1n) is 10.5. The molecule has 0 aliphatic carbocycles. The van der Waals surface area contributed by atoms with Crippen molar-refractivity contribution in [2.75, 3.05) is 0 Å². The summed E-state index contributed by atoms with van der Waals surface area (Å²) in [6.45, 7) is 0. The molecule has 0 N–H and O–H groups in total. The average molecular weight is 506 g/mol. The summed E-state index contributed by atoms with van der Waals surface area (Å²) >= 11 is 2.41. The van der Waals surface area contributed by atoms with Gasteiger partial charge in [0.25, 0.3) is 0 Å². The summed E-state index contributed by atoms with van der Waals surface area (Å²) in [5.41, 5.74) is 5.11. The lowest BCUT2D eigenvalue weighted by atomic mass is 9.89. The smallest absolute Gasteiger partial charge is 0.0136 e. The van der Waals surface area contributed by atoms with Crippen molar-refractivity contribution < 1.29 is 0 Å². The molecule has 0 aliphatic heterocycles. The van der Waals surface area contributed by atoms with Crippen molar-refractivity contribution in [2.45, 2.75) is 0 Å². The van der Waals surface area contributed by atoms with Gasteiger partial charge in [0.2, 0.25) is 0 Å². The van der Waals surface area contributed by atoms with E-state index in [0.29, 0.717) is 0 Å². The number of halogens is 1. The molecule has 0 saturated carbocycles. The molecule has 0 saturated heterocycles. The van der Waals surface area contributed by atoms with Gasteiger partial charge in [0.05, 0.1) is 0 Å². The van der Waals surface area contributed by atoms with E-state index in [9.17, 15) is 0 Å². The second-order valence-corrected chi connectivity index (χ2v) is 9.19. The molecule has 0 bridgehead atoms. The Bertz CT molecular complexity index is 1580. The zero-order valence-corrected chi connectivity index (χ0v) is 19.0. The van der Waals surface area contributed by atoms with Gasteiger partial charge in [-0.2, -0.15) is 0 Å². The van der Waals surface area contributed by atoms with Crippen LogP contribution < -0.4 is 0 Å². The minimum absolute atomic E-state index is 1.25. The molecule has 0 atom stereocenters. The van der Waals surface area contributed by atoms with Crippen molar-refractivity contribution in [3.8, 4) is 22.3 Å². The summed E-state index contributed by atoms with van der Waals surface area (Å²) < 4.78 is 1.25. The summed E-state index contributed by atoms with van der Waals surface area (Å²) in [4.78, 5) is 0. The van der Waals surface area contributed by atoms with E-state index in [1.807, 2.05) is 0 Å². The molecule has 0 spiro atoms. The molecule has 0 fully saturated rings. The summed E-state index contributed by atoms with van der Waals surface area (Å²) in [6, 6.07) is 42.0. The largest absolute Gasteiger partial charge is 0.0616 e. The summed E-state index contributed by atoms with van der Waals surface area (Å²) in [6.07, 6.45) is 0. The van der Waals surface area contributed by atoms with Crippen molar-refractivity contribution in [1.82, 2.24) is 0 Å². The van der Waals surface area contributed by atoms with Gasteiger partial charge < -0.3 is 0 Å². The molecule has 6 aromatic carbocycles. The van der Waals surface area contributed by atoms with Gasteiger partial charge in [0.15, 0.2) is 0 Å². The van der Waals surface area contributed by atoms with E-state index in [2.05, 4.69) is 138 Å². The van der Waals surface area contributed by atoms with Crippen LogP contribution in [-0.2, 0) is 0 Å². The third-order valence-electron chi connectivity index (χ3n) is 6.10. The monoisotopic (exact) mass is 506 g/mol. The Balaban J connectivity index is 1.72. The molecule has 0 heterocycles. The molecule has 0 aliphatic rings. The Morgan fingerprint density at radius 3 is 1.71 bits per heavy atom. The maximum Gasteiger partial charge on any atom is 0.0136 e. The molecule has 0 radical (unpaired) electrons. The lowest BCUT2D eigenvalue weighted by Gasteiger charge is -2.15. The zero-order valence-electron chi connectivity index (χ0n) is 16.8. The standard InChI is InChI=1S/C30H19I/c31-24-15-16-28-22(18-24)17-23(27-13-5-9-20-7-1-3-11-25(20)27)19-30(28)29-14-6-10-21-8-2-4-12-26(21)29/h1-19H. The molecule has 1 heteroatoms. The summed E-state index contributed by atoms with van der Waals surface area (Å²) in [5, 5.41) is 7.70. The van der Waals surface area contributed by atoms with E-state index >= 15 is 0 Å². The van der Waals surface area contributed by atoms with E-state index in [-0.39, 0.29) is 0 Å². The van der Waals surface area contributed by atoms with Gasteiger partial charge in [-0.15, -0.1) is 0 Å². The Hall–Kier alpha value is -3.17. The normalized spacial score (nSPS) is 11.4. The molecular formula is C30H19I. The minimum Gasteiger partial charge on any atom is -0.0616 e. The Kier molecular flexibility index (Phi) is 4.50. The van der Waals surface area contributed by atoms with Gasteiger partial charge in [-0.05, 0) is 101 Å². The van der Waals surface area contributed by atoms with Gasteiger partial charge >= 0.3 is 0 Å². The number of hydrogen-bond acceptors (Lipinski definition) is 0. The molecule has 6 aromatic rings. The summed E-state index contributed by atoms with van der Waals surface area (Å²) in [5.74, 6) is 0. The quantitative estimate of drug-likeness (QED) is 0.206. The minimum atomic E-state index is 1.25. The van der Waals surface area contributed by atoms with Gasteiger partial charge in [0, 0.05) is 3.57 Å². The topological polar surface area (TPSA) is 0 Å². The predicted octanol–water partition coefficient (Wildman–Crippen LogP) is 9.08.